The van der Waals surface area contributed by atoms with Gasteiger partial charge in [-0.15, -0.1) is 0 Å². The Labute approximate surface area is 118 Å². The minimum absolute atomic E-state index is 0.0615. The molecule has 1 aliphatic rings. The second kappa shape index (κ2) is 4.81. The largest absolute Gasteiger partial charge is 0.508 e. The Balaban J connectivity index is 2.35. The Bertz CT molecular complexity index is 566. The molecule has 1 aromatic rings. The molecule has 1 saturated heterocycles. The van der Waals surface area contributed by atoms with Crippen LogP contribution in [0.5, 0.6) is 5.75 Å². The van der Waals surface area contributed by atoms with Gasteiger partial charge in [-0.25, -0.2) is 0 Å². The van der Waals surface area contributed by atoms with Crippen molar-refractivity contribution < 1.29 is 14.7 Å². The molecule has 0 radical (unpaired) electrons. The van der Waals surface area contributed by atoms with Crippen LogP contribution >= 0.6 is 0 Å². The average Bonchev–Trinajstić information content (AvgIpc) is 2.35. The van der Waals surface area contributed by atoms with E-state index in [1.54, 1.807) is 49.8 Å². The van der Waals surface area contributed by atoms with E-state index in [1.807, 2.05) is 0 Å². The van der Waals surface area contributed by atoms with E-state index < -0.39 is 5.54 Å². The van der Waals surface area contributed by atoms with E-state index in [1.165, 1.54) is 6.07 Å². The van der Waals surface area contributed by atoms with Crippen LogP contribution in [-0.2, 0) is 4.79 Å². The molecule has 0 aromatic heterocycles. The number of amides is 2. The molecular weight excluding hydrogens is 256 g/mol. The van der Waals surface area contributed by atoms with Gasteiger partial charge in [-0.05, 0) is 44.5 Å². The fraction of sp³-hybridized carbons (Fsp3) is 0.467. The molecule has 0 aliphatic carbocycles. The zero-order valence-corrected chi connectivity index (χ0v) is 12.3. The normalized spacial score (nSPS) is 18.3. The quantitative estimate of drug-likeness (QED) is 0.843. The summed E-state index contributed by atoms with van der Waals surface area (Å²) in [6.07, 6.45) is 0. The molecule has 2 amide bonds. The van der Waals surface area contributed by atoms with Crippen molar-refractivity contribution in [2.24, 2.45) is 0 Å². The molecule has 1 aliphatic heterocycles. The number of nitrogens with zero attached hydrogens (tertiary/aromatic N) is 2. The third kappa shape index (κ3) is 2.24. The van der Waals surface area contributed by atoms with Crippen LogP contribution in [0.3, 0.4) is 0 Å². The van der Waals surface area contributed by atoms with Gasteiger partial charge in [0.05, 0.1) is 0 Å². The van der Waals surface area contributed by atoms with Crippen molar-refractivity contribution in [1.29, 1.82) is 0 Å². The molecule has 5 heteroatoms. The Morgan fingerprint density at radius 2 is 1.95 bits per heavy atom. The Morgan fingerprint density at radius 1 is 1.30 bits per heavy atom. The second-order valence-electron chi connectivity index (χ2n) is 5.74. The van der Waals surface area contributed by atoms with Crippen LogP contribution in [0.2, 0.25) is 0 Å². The molecule has 1 N–H and O–H groups in total. The van der Waals surface area contributed by atoms with Gasteiger partial charge in [0.25, 0.3) is 5.91 Å². The van der Waals surface area contributed by atoms with E-state index in [9.17, 15) is 14.7 Å². The maximum absolute atomic E-state index is 12.7. The molecule has 0 atom stereocenters. The molecule has 0 spiro atoms. The average molecular weight is 276 g/mol. The van der Waals surface area contributed by atoms with E-state index in [0.29, 0.717) is 24.2 Å². The standard InChI is InChI=1S/C15H20N2O3/c1-10-9-11(18)5-6-12(10)13(19)17-8-7-16(4)14(20)15(17,2)3/h5-6,9,18H,7-8H2,1-4H3. The highest BCUT2D eigenvalue weighted by Crippen LogP contribution is 2.26. The molecule has 0 saturated carbocycles. The lowest BCUT2D eigenvalue weighted by Gasteiger charge is -2.44. The van der Waals surface area contributed by atoms with Crippen molar-refractivity contribution in [2.75, 3.05) is 20.1 Å². The summed E-state index contributed by atoms with van der Waals surface area (Å²) < 4.78 is 0. The summed E-state index contributed by atoms with van der Waals surface area (Å²) in [6, 6.07) is 4.65. The monoisotopic (exact) mass is 276 g/mol. The molecule has 0 unspecified atom stereocenters. The summed E-state index contributed by atoms with van der Waals surface area (Å²) in [5.74, 6) is -0.102. The lowest BCUT2D eigenvalue weighted by molar-refractivity contribution is -0.144. The zero-order chi connectivity index (χ0) is 15.1. The first-order chi connectivity index (χ1) is 9.25. The number of phenols is 1. The summed E-state index contributed by atoms with van der Waals surface area (Å²) in [7, 11) is 1.75. The van der Waals surface area contributed by atoms with Crippen LogP contribution in [0.15, 0.2) is 18.2 Å². The van der Waals surface area contributed by atoms with E-state index >= 15 is 0 Å². The zero-order valence-electron chi connectivity index (χ0n) is 12.3. The highest BCUT2D eigenvalue weighted by Gasteiger charge is 2.43. The molecule has 0 bridgehead atoms. The van der Waals surface area contributed by atoms with Crippen LogP contribution < -0.4 is 0 Å². The second-order valence-corrected chi connectivity index (χ2v) is 5.74. The van der Waals surface area contributed by atoms with Crippen molar-refractivity contribution in [3.8, 4) is 5.75 Å². The number of aromatic hydroxyl groups is 1. The van der Waals surface area contributed by atoms with E-state index in [-0.39, 0.29) is 17.6 Å². The Morgan fingerprint density at radius 3 is 2.55 bits per heavy atom. The number of piperazine rings is 1. The highest BCUT2D eigenvalue weighted by molar-refractivity contribution is 6.00. The van der Waals surface area contributed by atoms with Crippen molar-refractivity contribution >= 4 is 11.8 Å². The number of hydrogen-bond donors (Lipinski definition) is 1. The van der Waals surface area contributed by atoms with Crippen LogP contribution in [0.1, 0.15) is 29.8 Å². The molecule has 108 valence electrons. The first-order valence-corrected chi connectivity index (χ1v) is 6.62. The number of phenolic OH excluding ortho intramolecular Hbond substituents is 1. The van der Waals surface area contributed by atoms with E-state index in [0.717, 1.165) is 0 Å². The first-order valence-electron chi connectivity index (χ1n) is 6.62. The van der Waals surface area contributed by atoms with Crippen LogP contribution in [0.4, 0.5) is 0 Å². The fourth-order valence-electron chi connectivity index (χ4n) is 2.60. The predicted octanol–water partition coefficient (Wildman–Crippen LogP) is 1.39. The van der Waals surface area contributed by atoms with Crippen molar-refractivity contribution in [2.45, 2.75) is 26.3 Å². The van der Waals surface area contributed by atoms with Crippen LogP contribution in [-0.4, -0.2) is 52.4 Å². The van der Waals surface area contributed by atoms with Crippen LogP contribution in [0.25, 0.3) is 0 Å². The van der Waals surface area contributed by atoms with Crippen molar-refractivity contribution in [1.82, 2.24) is 9.80 Å². The first kappa shape index (κ1) is 14.4. The number of aryl methyl sites for hydroxylation is 1. The number of rotatable bonds is 1. The summed E-state index contributed by atoms with van der Waals surface area (Å²) in [5, 5.41) is 9.42. The number of likely N-dealkylation sites (N-methyl/N-ethyl adjacent to an activating group) is 1. The van der Waals surface area contributed by atoms with Gasteiger partial charge in [-0.3, -0.25) is 9.59 Å². The predicted molar refractivity (Wildman–Crippen MR) is 75.6 cm³/mol. The molecule has 1 heterocycles. The fourth-order valence-corrected chi connectivity index (χ4v) is 2.60. The summed E-state index contributed by atoms with van der Waals surface area (Å²) >= 11 is 0. The Kier molecular flexibility index (Phi) is 3.46. The van der Waals surface area contributed by atoms with Gasteiger partial charge in [-0.1, -0.05) is 0 Å². The van der Waals surface area contributed by atoms with Gasteiger partial charge in [0.2, 0.25) is 5.91 Å². The van der Waals surface area contributed by atoms with Gasteiger partial charge in [-0.2, -0.15) is 0 Å². The molecule has 5 nitrogen and oxygen atoms in total. The molecule has 20 heavy (non-hydrogen) atoms. The number of carbonyl (C=O) groups excluding carboxylic acids is 2. The number of hydrogen-bond acceptors (Lipinski definition) is 3. The highest BCUT2D eigenvalue weighted by atomic mass is 16.3. The van der Waals surface area contributed by atoms with Gasteiger partial charge in [0.1, 0.15) is 11.3 Å². The maximum atomic E-state index is 12.7. The summed E-state index contributed by atoms with van der Waals surface area (Å²) in [6.45, 7) is 6.34. The molecular formula is C15H20N2O3. The van der Waals surface area contributed by atoms with Crippen molar-refractivity contribution in [3.05, 3.63) is 29.3 Å². The van der Waals surface area contributed by atoms with Crippen molar-refractivity contribution in [3.63, 3.8) is 0 Å². The Hall–Kier alpha value is -2.04. The molecule has 2 rings (SSSR count). The van der Waals surface area contributed by atoms with E-state index in [2.05, 4.69) is 0 Å². The van der Waals surface area contributed by atoms with Gasteiger partial charge in [0, 0.05) is 25.7 Å². The van der Waals surface area contributed by atoms with Gasteiger partial charge < -0.3 is 14.9 Å². The van der Waals surface area contributed by atoms with Crippen LogP contribution in [0, 0.1) is 6.92 Å². The number of benzene rings is 1. The maximum Gasteiger partial charge on any atom is 0.255 e. The SMILES string of the molecule is Cc1cc(O)ccc1C(=O)N1CCN(C)C(=O)C1(C)C. The third-order valence-corrected chi connectivity index (χ3v) is 3.89. The summed E-state index contributed by atoms with van der Waals surface area (Å²) in [5.41, 5.74) is 0.374. The number of carbonyl (C=O) groups is 2. The van der Waals surface area contributed by atoms with Gasteiger partial charge >= 0.3 is 0 Å². The van der Waals surface area contributed by atoms with E-state index in [4.69, 9.17) is 0 Å². The van der Waals surface area contributed by atoms with Gasteiger partial charge in [0.15, 0.2) is 0 Å². The molecule has 1 aromatic carbocycles. The summed E-state index contributed by atoms with van der Waals surface area (Å²) in [4.78, 5) is 28.1. The topological polar surface area (TPSA) is 60.9 Å². The minimum Gasteiger partial charge on any atom is -0.508 e. The minimum atomic E-state index is -0.853. The third-order valence-electron chi connectivity index (χ3n) is 3.89. The smallest absolute Gasteiger partial charge is 0.255 e. The lowest BCUT2D eigenvalue weighted by Crippen LogP contribution is -2.63. The molecule has 1 fully saturated rings. The lowest BCUT2D eigenvalue weighted by atomic mass is 9.95.